The molecule has 2 aromatic rings. The molecule has 27 heavy (non-hydrogen) atoms. The number of nitrogens with one attached hydrogen (secondary N) is 1. The molecule has 9 heteroatoms. The van der Waals surface area contributed by atoms with Gasteiger partial charge in [0.1, 0.15) is 17.5 Å². The second-order valence-electron chi connectivity index (χ2n) is 6.43. The molecule has 0 radical (unpaired) electrons. The Bertz CT molecular complexity index is 914. The van der Waals surface area contributed by atoms with Crippen LogP contribution in [0.1, 0.15) is 51.0 Å². The largest absolute Gasteiger partial charge is 0.397 e. The minimum atomic E-state index is -3.45. The van der Waals surface area contributed by atoms with E-state index in [0.717, 1.165) is 25.7 Å². The number of rotatable bonds is 10. The average molecular weight is 391 g/mol. The molecule has 0 saturated carbocycles. The maximum Gasteiger partial charge on any atom is 0.232 e. The Morgan fingerprint density at radius 2 is 1.89 bits per heavy atom. The molecule has 0 aliphatic heterocycles. The summed E-state index contributed by atoms with van der Waals surface area (Å²) in [5.74, 6) is 0.220. The third-order valence-electron chi connectivity index (χ3n) is 4.23. The van der Waals surface area contributed by atoms with Gasteiger partial charge < -0.3 is 11.5 Å². The molecule has 1 aromatic heterocycles. The molecule has 0 aliphatic carbocycles. The van der Waals surface area contributed by atoms with E-state index in [9.17, 15) is 8.42 Å². The van der Waals surface area contributed by atoms with Crippen molar-refractivity contribution in [1.82, 2.24) is 9.78 Å². The number of nitrogen functional groups attached to an aromatic ring is 2. The lowest BCUT2D eigenvalue weighted by atomic mass is 10.1. The number of anilines is 3. The van der Waals surface area contributed by atoms with Gasteiger partial charge in [-0.1, -0.05) is 39.0 Å². The van der Waals surface area contributed by atoms with Gasteiger partial charge in [-0.15, -0.1) is 0 Å². The standard InChI is InChI=1S/C18H26N6O2S/c1-2-3-4-5-6-7-10-27(25,26)23-15-8-9-16(20)17(11-15)24-18(21)14(12-19)13-22-24/h8-9,11,13,23H,2-7,10,20-21H2,1H3. The number of hydrogen-bond acceptors (Lipinski definition) is 6. The van der Waals surface area contributed by atoms with Crippen molar-refractivity contribution in [3.63, 3.8) is 0 Å². The van der Waals surface area contributed by atoms with Crippen LogP contribution in [-0.4, -0.2) is 24.0 Å². The molecule has 1 heterocycles. The van der Waals surface area contributed by atoms with Crippen LogP contribution in [0, 0.1) is 11.3 Å². The first kappa shape index (κ1) is 20.6. The van der Waals surface area contributed by atoms with Crippen LogP contribution in [0.25, 0.3) is 5.69 Å². The summed E-state index contributed by atoms with van der Waals surface area (Å²) >= 11 is 0. The summed E-state index contributed by atoms with van der Waals surface area (Å²) in [7, 11) is -3.45. The van der Waals surface area contributed by atoms with E-state index in [1.54, 1.807) is 18.2 Å². The summed E-state index contributed by atoms with van der Waals surface area (Å²) in [6.45, 7) is 2.15. The monoisotopic (exact) mass is 390 g/mol. The van der Waals surface area contributed by atoms with Crippen LogP contribution >= 0.6 is 0 Å². The molecule has 0 unspecified atom stereocenters. The Labute approximate surface area is 160 Å². The Hall–Kier alpha value is -2.73. The third kappa shape index (κ3) is 5.62. The number of nitrogens with zero attached hydrogens (tertiary/aromatic N) is 3. The smallest absolute Gasteiger partial charge is 0.232 e. The SMILES string of the molecule is CCCCCCCCS(=O)(=O)Nc1ccc(N)c(-n2ncc(C#N)c2N)c1. The fourth-order valence-corrected chi connectivity index (χ4v) is 3.90. The first-order valence-electron chi connectivity index (χ1n) is 9.02. The first-order chi connectivity index (χ1) is 12.9. The molecule has 5 N–H and O–H groups in total. The van der Waals surface area contributed by atoms with Gasteiger partial charge in [-0.3, -0.25) is 4.72 Å². The summed E-state index contributed by atoms with van der Waals surface area (Å²) in [5, 5.41) is 13.1. The molecule has 0 spiro atoms. The second kappa shape index (κ2) is 9.28. The summed E-state index contributed by atoms with van der Waals surface area (Å²) in [4.78, 5) is 0. The Kier molecular flexibility index (Phi) is 7.07. The predicted molar refractivity (Wildman–Crippen MR) is 108 cm³/mol. The van der Waals surface area contributed by atoms with Crippen LogP contribution in [-0.2, 0) is 10.0 Å². The average Bonchev–Trinajstić information content (AvgIpc) is 3.00. The molecule has 0 saturated heterocycles. The zero-order chi connectivity index (χ0) is 19.9. The minimum absolute atomic E-state index is 0.0708. The van der Waals surface area contributed by atoms with Crippen LogP contribution in [0.2, 0.25) is 0 Å². The van der Waals surface area contributed by atoms with Gasteiger partial charge in [-0.2, -0.15) is 10.4 Å². The molecule has 1 aromatic carbocycles. The van der Waals surface area contributed by atoms with Gasteiger partial charge in [0.2, 0.25) is 10.0 Å². The second-order valence-corrected chi connectivity index (χ2v) is 8.27. The molecule has 146 valence electrons. The number of nitriles is 1. The number of sulfonamides is 1. The van der Waals surface area contributed by atoms with Crippen LogP contribution in [0.3, 0.4) is 0 Å². The fraction of sp³-hybridized carbons (Fsp3) is 0.444. The van der Waals surface area contributed by atoms with Crippen molar-refractivity contribution in [3.8, 4) is 11.8 Å². The van der Waals surface area contributed by atoms with Crippen LogP contribution in [0.4, 0.5) is 17.2 Å². The Morgan fingerprint density at radius 1 is 1.19 bits per heavy atom. The highest BCUT2D eigenvalue weighted by Crippen LogP contribution is 2.25. The van der Waals surface area contributed by atoms with E-state index in [1.807, 2.05) is 6.07 Å². The number of hydrogen-bond donors (Lipinski definition) is 3. The number of benzene rings is 1. The van der Waals surface area contributed by atoms with Gasteiger partial charge in [-0.05, 0) is 24.6 Å². The van der Waals surface area contributed by atoms with Crippen molar-refractivity contribution in [2.75, 3.05) is 21.9 Å². The van der Waals surface area contributed by atoms with Gasteiger partial charge >= 0.3 is 0 Å². The normalized spacial score (nSPS) is 11.3. The Morgan fingerprint density at radius 3 is 2.56 bits per heavy atom. The van der Waals surface area contributed by atoms with E-state index in [1.165, 1.54) is 17.3 Å². The predicted octanol–water partition coefficient (Wildman–Crippen LogP) is 3.01. The molecule has 0 bridgehead atoms. The lowest BCUT2D eigenvalue weighted by Gasteiger charge is -2.12. The number of aromatic nitrogens is 2. The molecule has 0 aliphatic rings. The summed E-state index contributed by atoms with van der Waals surface area (Å²) in [5.41, 5.74) is 13.2. The van der Waals surface area contributed by atoms with Gasteiger partial charge in [0.15, 0.2) is 0 Å². The zero-order valence-corrected chi connectivity index (χ0v) is 16.3. The van der Waals surface area contributed by atoms with E-state index < -0.39 is 10.0 Å². The molecular formula is C18H26N6O2S. The maximum atomic E-state index is 12.3. The van der Waals surface area contributed by atoms with Crippen molar-refractivity contribution in [3.05, 3.63) is 30.0 Å². The number of unbranched alkanes of at least 4 members (excludes halogenated alkanes) is 5. The topological polar surface area (TPSA) is 140 Å². The summed E-state index contributed by atoms with van der Waals surface area (Å²) in [6, 6.07) is 6.65. The van der Waals surface area contributed by atoms with Crippen molar-refractivity contribution >= 4 is 27.2 Å². The molecular weight excluding hydrogens is 364 g/mol. The highest BCUT2D eigenvalue weighted by atomic mass is 32.2. The molecule has 8 nitrogen and oxygen atoms in total. The van der Waals surface area contributed by atoms with E-state index in [2.05, 4.69) is 16.7 Å². The highest BCUT2D eigenvalue weighted by Gasteiger charge is 2.14. The van der Waals surface area contributed by atoms with Crippen molar-refractivity contribution in [1.29, 1.82) is 5.26 Å². The van der Waals surface area contributed by atoms with Gasteiger partial charge in [0.25, 0.3) is 0 Å². The number of nitrogens with two attached hydrogens (primary N) is 2. The lowest BCUT2D eigenvalue weighted by molar-refractivity contribution is 0.588. The van der Waals surface area contributed by atoms with E-state index >= 15 is 0 Å². The summed E-state index contributed by atoms with van der Waals surface area (Å²) < 4.78 is 28.5. The van der Waals surface area contributed by atoms with E-state index in [-0.39, 0.29) is 17.1 Å². The fourth-order valence-electron chi connectivity index (χ4n) is 2.73. The quantitative estimate of drug-likeness (QED) is 0.421. The van der Waals surface area contributed by atoms with Crippen LogP contribution < -0.4 is 16.2 Å². The summed E-state index contributed by atoms with van der Waals surface area (Å²) in [6.07, 6.45) is 7.40. The minimum Gasteiger partial charge on any atom is -0.397 e. The van der Waals surface area contributed by atoms with E-state index in [0.29, 0.717) is 23.5 Å². The maximum absolute atomic E-state index is 12.3. The van der Waals surface area contributed by atoms with Crippen molar-refractivity contribution in [2.45, 2.75) is 45.4 Å². The molecule has 0 amide bonds. The molecule has 0 fully saturated rings. The molecule has 2 rings (SSSR count). The van der Waals surface area contributed by atoms with Gasteiger partial charge in [-0.25, -0.2) is 13.1 Å². The van der Waals surface area contributed by atoms with Gasteiger partial charge in [0.05, 0.1) is 29.0 Å². The van der Waals surface area contributed by atoms with Crippen molar-refractivity contribution in [2.24, 2.45) is 0 Å². The Balaban J connectivity index is 2.07. The lowest BCUT2D eigenvalue weighted by Crippen LogP contribution is -2.17. The van der Waals surface area contributed by atoms with Crippen molar-refractivity contribution < 1.29 is 8.42 Å². The van der Waals surface area contributed by atoms with Gasteiger partial charge in [0, 0.05) is 0 Å². The highest BCUT2D eigenvalue weighted by molar-refractivity contribution is 7.92. The van der Waals surface area contributed by atoms with Crippen LogP contribution in [0.5, 0.6) is 0 Å². The van der Waals surface area contributed by atoms with E-state index in [4.69, 9.17) is 16.7 Å². The third-order valence-corrected chi connectivity index (χ3v) is 5.60. The zero-order valence-electron chi connectivity index (χ0n) is 15.5. The van der Waals surface area contributed by atoms with Crippen LogP contribution in [0.15, 0.2) is 24.4 Å². The first-order valence-corrected chi connectivity index (χ1v) is 10.7. The molecule has 0 atom stereocenters.